The third-order valence-corrected chi connectivity index (χ3v) is 2.49. The maximum Gasteiger partial charge on any atom is 0.412 e. The van der Waals surface area contributed by atoms with Gasteiger partial charge in [-0.2, -0.15) is 0 Å². The van der Waals surface area contributed by atoms with E-state index in [-0.39, 0.29) is 5.69 Å². The van der Waals surface area contributed by atoms with Gasteiger partial charge in [0.25, 0.3) is 0 Å². The molecular weight excluding hydrogens is 324 g/mol. The molecule has 1 aromatic rings. The van der Waals surface area contributed by atoms with E-state index in [0.29, 0.717) is 3.57 Å². The molecule has 3 nitrogen and oxygen atoms in total. The Labute approximate surface area is 108 Å². The number of nitrogens with one attached hydrogen (secondary N) is 1. The molecule has 0 aliphatic rings. The molecule has 0 aromatic heterocycles. The number of carbonyl (C=O) groups excluding carboxylic acids is 1. The number of carbonyl (C=O) groups is 1. The third-order valence-electron chi connectivity index (χ3n) is 1.59. The van der Waals surface area contributed by atoms with Crippen LogP contribution in [0.5, 0.6) is 0 Å². The molecule has 16 heavy (non-hydrogen) atoms. The van der Waals surface area contributed by atoms with Crippen LogP contribution < -0.4 is 5.32 Å². The molecule has 1 amide bonds. The lowest BCUT2D eigenvalue weighted by molar-refractivity contribution is 0.0635. The summed E-state index contributed by atoms with van der Waals surface area (Å²) in [7, 11) is 0. The number of para-hydroxylation sites is 1. The average Bonchev–Trinajstić information content (AvgIpc) is 2.08. The minimum Gasteiger partial charge on any atom is -0.444 e. The van der Waals surface area contributed by atoms with E-state index in [1.165, 1.54) is 6.07 Å². The van der Waals surface area contributed by atoms with Crippen LogP contribution in [0.15, 0.2) is 18.2 Å². The summed E-state index contributed by atoms with van der Waals surface area (Å²) in [5.41, 5.74) is -0.446. The molecule has 0 aliphatic heterocycles. The van der Waals surface area contributed by atoms with Gasteiger partial charge in [0.05, 0.1) is 5.69 Å². The molecular formula is C11H13FINO2. The molecule has 1 rings (SSSR count). The summed E-state index contributed by atoms with van der Waals surface area (Å²) < 4.78 is 19.0. The lowest BCUT2D eigenvalue weighted by Gasteiger charge is -2.20. The Morgan fingerprint density at radius 2 is 2.06 bits per heavy atom. The van der Waals surface area contributed by atoms with Gasteiger partial charge < -0.3 is 4.74 Å². The van der Waals surface area contributed by atoms with Gasteiger partial charge in [-0.1, -0.05) is 6.07 Å². The van der Waals surface area contributed by atoms with Gasteiger partial charge in [-0.15, -0.1) is 0 Å². The number of rotatable bonds is 1. The molecule has 88 valence electrons. The van der Waals surface area contributed by atoms with Crippen molar-refractivity contribution in [3.05, 3.63) is 27.6 Å². The van der Waals surface area contributed by atoms with Crippen LogP contribution in [0.4, 0.5) is 14.9 Å². The Hall–Kier alpha value is -0.850. The SMILES string of the molecule is CC(C)(C)OC(=O)Nc1c(F)cccc1I. The summed E-state index contributed by atoms with van der Waals surface area (Å²) >= 11 is 1.95. The van der Waals surface area contributed by atoms with E-state index in [4.69, 9.17) is 4.74 Å². The van der Waals surface area contributed by atoms with Crippen molar-refractivity contribution in [1.29, 1.82) is 0 Å². The second kappa shape index (κ2) is 4.99. The molecule has 0 heterocycles. The predicted molar refractivity (Wildman–Crippen MR) is 69.0 cm³/mol. The van der Waals surface area contributed by atoms with Crippen LogP contribution in [0, 0.1) is 9.39 Å². The minimum atomic E-state index is -0.657. The summed E-state index contributed by atoms with van der Waals surface area (Å²) in [4.78, 5) is 11.4. The van der Waals surface area contributed by atoms with Crippen molar-refractivity contribution in [2.24, 2.45) is 0 Å². The van der Waals surface area contributed by atoms with Crippen LogP contribution in [0.1, 0.15) is 20.8 Å². The number of halogens is 2. The lowest BCUT2D eigenvalue weighted by atomic mass is 10.2. The highest BCUT2D eigenvalue weighted by molar-refractivity contribution is 14.1. The number of hydrogen-bond acceptors (Lipinski definition) is 2. The van der Waals surface area contributed by atoms with Gasteiger partial charge in [-0.3, -0.25) is 5.32 Å². The fraction of sp³-hybridized carbons (Fsp3) is 0.364. The zero-order valence-corrected chi connectivity index (χ0v) is 11.5. The number of ether oxygens (including phenoxy) is 1. The van der Waals surface area contributed by atoms with Crippen molar-refractivity contribution in [3.63, 3.8) is 0 Å². The van der Waals surface area contributed by atoms with Crippen molar-refractivity contribution >= 4 is 34.4 Å². The summed E-state index contributed by atoms with van der Waals surface area (Å²) in [6, 6.07) is 4.57. The van der Waals surface area contributed by atoms with Crippen LogP contribution in [-0.2, 0) is 4.74 Å². The van der Waals surface area contributed by atoms with Gasteiger partial charge in [0, 0.05) is 3.57 Å². The van der Waals surface area contributed by atoms with E-state index in [9.17, 15) is 9.18 Å². The quantitative estimate of drug-likeness (QED) is 0.792. The Bertz CT molecular complexity index is 381. The first-order valence-electron chi connectivity index (χ1n) is 4.73. The van der Waals surface area contributed by atoms with Gasteiger partial charge in [0.15, 0.2) is 0 Å². The number of amides is 1. The molecule has 0 radical (unpaired) electrons. The van der Waals surface area contributed by atoms with Gasteiger partial charge in [0.1, 0.15) is 11.4 Å². The standard InChI is InChI=1S/C11H13FINO2/c1-11(2,3)16-10(15)14-9-7(12)5-4-6-8(9)13/h4-6H,1-3H3,(H,14,15). The molecule has 0 atom stereocenters. The fourth-order valence-corrected chi connectivity index (χ4v) is 1.62. The molecule has 0 unspecified atom stereocenters. The van der Waals surface area contributed by atoms with E-state index < -0.39 is 17.5 Å². The van der Waals surface area contributed by atoms with Gasteiger partial charge in [-0.25, -0.2) is 9.18 Å². The molecule has 0 saturated carbocycles. The highest BCUT2D eigenvalue weighted by atomic mass is 127. The van der Waals surface area contributed by atoms with Gasteiger partial charge in [0.2, 0.25) is 0 Å². The zero-order valence-electron chi connectivity index (χ0n) is 9.30. The first kappa shape index (κ1) is 13.2. The maximum atomic E-state index is 13.4. The van der Waals surface area contributed by atoms with Gasteiger partial charge >= 0.3 is 6.09 Å². The maximum absolute atomic E-state index is 13.4. The highest BCUT2D eigenvalue weighted by Gasteiger charge is 2.18. The van der Waals surface area contributed by atoms with Crippen LogP contribution >= 0.6 is 22.6 Å². The molecule has 1 N–H and O–H groups in total. The van der Waals surface area contributed by atoms with Crippen LogP contribution in [-0.4, -0.2) is 11.7 Å². The second-order valence-corrected chi connectivity index (χ2v) is 5.39. The van der Waals surface area contributed by atoms with E-state index in [1.807, 2.05) is 22.6 Å². The third kappa shape index (κ3) is 3.96. The van der Waals surface area contributed by atoms with Crippen LogP contribution in [0.2, 0.25) is 0 Å². The van der Waals surface area contributed by atoms with Crippen LogP contribution in [0.3, 0.4) is 0 Å². The van der Waals surface area contributed by atoms with E-state index >= 15 is 0 Å². The summed E-state index contributed by atoms with van der Waals surface area (Å²) in [5, 5.41) is 2.39. The largest absolute Gasteiger partial charge is 0.444 e. The molecule has 0 spiro atoms. The second-order valence-electron chi connectivity index (χ2n) is 4.22. The normalized spacial score (nSPS) is 11.1. The minimum absolute atomic E-state index is 0.150. The number of anilines is 1. The van der Waals surface area contributed by atoms with Crippen molar-refractivity contribution < 1.29 is 13.9 Å². The molecule has 0 aliphatic carbocycles. The van der Waals surface area contributed by atoms with Gasteiger partial charge in [-0.05, 0) is 55.5 Å². The smallest absolute Gasteiger partial charge is 0.412 e. The monoisotopic (exact) mass is 337 g/mol. The first-order chi connectivity index (χ1) is 7.29. The van der Waals surface area contributed by atoms with Crippen molar-refractivity contribution in [1.82, 2.24) is 0 Å². The molecule has 0 bridgehead atoms. The summed E-state index contributed by atoms with van der Waals surface area (Å²) in [6.07, 6.45) is -0.657. The van der Waals surface area contributed by atoms with Crippen LogP contribution in [0.25, 0.3) is 0 Å². The number of benzene rings is 1. The number of hydrogen-bond donors (Lipinski definition) is 1. The molecule has 5 heteroatoms. The molecule has 1 aromatic carbocycles. The van der Waals surface area contributed by atoms with Crippen molar-refractivity contribution in [2.75, 3.05) is 5.32 Å². The van der Waals surface area contributed by atoms with Crippen molar-refractivity contribution in [2.45, 2.75) is 26.4 Å². The Morgan fingerprint density at radius 3 is 2.56 bits per heavy atom. The topological polar surface area (TPSA) is 38.3 Å². The van der Waals surface area contributed by atoms with E-state index in [1.54, 1.807) is 32.9 Å². The average molecular weight is 337 g/mol. The van der Waals surface area contributed by atoms with E-state index in [2.05, 4.69) is 5.32 Å². The zero-order chi connectivity index (χ0) is 12.3. The summed E-state index contributed by atoms with van der Waals surface area (Å²) in [5.74, 6) is -0.474. The Balaban J connectivity index is 2.78. The lowest BCUT2D eigenvalue weighted by Crippen LogP contribution is -2.27. The fourth-order valence-electron chi connectivity index (χ4n) is 1.02. The highest BCUT2D eigenvalue weighted by Crippen LogP contribution is 2.22. The summed E-state index contributed by atoms with van der Waals surface area (Å²) in [6.45, 7) is 5.25. The first-order valence-corrected chi connectivity index (χ1v) is 5.81. The van der Waals surface area contributed by atoms with E-state index in [0.717, 1.165) is 0 Å². The predicted octanol–water partition coefficient (Wildman–Crippen LogP) is 3.78. The Morgan fingerprint density at radius 1 is 1.44 bits per heavy atom. The molecule has 0 fully saturated rings. The Kier molecular flexibility index (Phi) is 4.12. The van der Waals surface area contributed by atoms with Crippen molar-refractivity contribution in [3.8, 4) is 0 Å². The molecule has 0 saturated heterocycles.